The second kappa shape index (κ2) is 9.68. The third-order valence-electron chi connectivity index (χ3n) is 2.64. The van der Waals surface area contributed by atoms with E-state index in [9.17, 15) is 9.59 Å². The molecule has 0 aliphatic heterocycles. The highest BCUT2D eigenvalue weighted by atomic mass is 16.5. The van der Waals surface area contributed by atoms with Crippen molar-refractivity contribution >= 4 is 11.9 Å². The summed E-state index contributed by atoms with van der Waals surface area (Å²) < 4.78 is 4.85. The summed E-state index contributed by atoms with van der Waals surface area (Å²) in [5.74, 6) is -0.238. The summed E-state index contributed by atoms with van der Waals surface area (Å²) in [4.78, 5) is 22.1. The summed E-state index contributed by atoms with van der Waals surface area (Å²) in [5, 5.41) is 2.90. The van der Waals surface area contributed by atoms with E-state index in [1.807, 2.05) is 13.8 Å². The average molecular weight is 255 g/mol. The van der Waals surface area contributed by atoms with Gasteiger partial charge in [0.05, 0.1) is 6.61 Å². The van der Waals surface area contributed by atoms with E-state index in [-0.39, 0.29) is 17.9 Å². The van der Waals surface area contributed by atoms with Gasteiger partial charge in [-0.05, 0) is 32.6 Å². The maximum atomic E-state index is 11.2. The van der Waals surface area contributed by atoms with E-state index in [2.05, 4.69) is 5.32 Å². The lowest BCUT2D eigenvalue weighted by Gasteiger charge is -2.24. The summed E-state index contributed by atoms with van der Waals surface area (Å²) in [6, 6.07) is 0.261. The van der Waals surface area contributed by atoms with Crippen molar-refractivity contribution in [3.8, 4) is 0 Å². The fourth-order valence-corrected chi connectivity index (χ4v) is 1.92. The van der Waals surface area contributed by atoms with Crippen LogP contribution in [-0.2, 0) is 14.3 Å². The van der Waals surface area contributed by atoms with Gasteiger partial charge in [-0.25, -0.2) is 4.79 Å². The number of rotatable bonds is 3. The van der Waals surface area contributed by atoms with Gasteiger partial charge in [-0.2, -0.15) is 0 Å². The number of nitrogens with one attached hydrogen (secondary N) is 1. The molecule has 0 bridgehead atoms. The van der Waals surface area contributed by atoms with E-state index in [0.29, 0.717) is 6.61 Å². The molecule has 18 heavy (non-hydrogen) atoms. The Balaban J connectivity index is 0.00000137. The van der Waals surface area contributed by atoms with Crippen molar-refractivity contribution in [2.24, 2.45) is 0 Å². The standard InChI is InChI=1S/C12H19NO3.C2H6/c1-3-16-12(15)8-10-4-6-11(7-5-10)13-9(2)14;1-2/h8,11H,3-7H2,1-2H3,(H,13,14);1-2H3. The van der Waals surface area contributed by atoms with Crippen molar-refractivity contribution in [1.29, 1.82) is 0 Å². The molecular weight excluding hydrogens is 230 g/mol. The van der Waals surface area contributed by atoms with Gasteiger partial charge in [-0.15, -0.1) is 0 Å². The van der Waals surface area contributed by atoms with Crippen molar-refractivity contribution in [3.63, 3.8) is 0 Å². The van der Waals surface area contributed by atoms with Crippen LogP contribution in [0.3, 0.4) is 0 Å². The lowest BCUT2D eigenvalue weighted by molar-refractivity contribution is -0.137. The van der Waals surface area contributed by atoms with Gasteiger partial charge in [-0.1, -0.05) is 19.4 Å². The first-order chi connectivity index (χ1) is 8.61. The molecular formula is C14H25NO3. The molecule has 0 radical (unpaired) electrons. The van der Waals surface area contributed by atoms with Gasteiger partial charge in [0.2, 0.25) is 5.91 Å². The first-order valence-corrected chi connectivity index (χ1v) is 6.75. The van der Waals surface area contributed by atoms with Gasteiger partial charge in [0.25, 0.3) is 0 Å². The summed E-state index contributed by atoms with van der Waals surface area (Å²) in [7, 11) is 0. The Kier molecular flexibility index (Phi) is 8.97. The largest absolute Gasteiger partial charge is 0.463 e. The van der Waals surface area contributed by atoms with Crippen LogP contribution in [0.4, 0.5) is 0 Å². The second-order valence-electron chi connectivity index (χ2n) is 4.03. The van der Waals surface area contributed by atoms with Gasteiger partial charge in [0, 0.05) is 19.0 Å². The summed E-state index contributed by atoms with van der Waals surface area (Å²) in [6.45, 7) is 7.74. The van der Waals surface area contributed by atoms with E-state index in [0.717, 1.165) is 31.3 Å². The van der Waals surface area contributed by atoms with Crippen LogP contribution in [0.15, 0.2) is 11.6 Å². The van der Waals surface area contributed by atoms with Crippen LogP contribution in [-0.4, -0.2) is 24.5 Å². The molecule has 1 aliphatic carbocycles. The normalized spacial score (nSPS) is 18.2. The summed E-state index contributed by atoms with van der Waals surface area (Å²) in [6.07, 6.45) is 5.14. The number of hydrogen-bond donors (Lipinski definition) is 1. The van der Waals surface area contributed by atoms with Crippen LogP contribution in [0, 0.1) is 0 Å². The van der Waals surface area contributed by atoms with E-state index < -0.39 is 0 Å². The molecule has 0 aromatic heterocycles. The molecule has 0 aromatic rings. The molecule has 4 nitrogen and oxygen atoms in total. The first kappa shape index (κ1) is 16.7. The van der Waals surface area contributed by atoms with Crippen LogP contribution < -0.4 is 5.32 Å². The zero-order valence-corrected chi connectivity index (χ0v) is 11.9. The molecule has 0 saturated heterocycles. The predicted molar refractivity (Wildman–Crippen MR) is 72.1 cm³/mol. The zero-order valence-electron chi connectivity index (χ0n) is 11.9. The van der Waals surface area contributed by atoms with Crippen LogP contribution in [0.2, 0.25) is 0 Å². The molecule has 1 amide bonds. The molecule has 1 fully saturated rings. The highest BCUT2D eigenvalue weighted by molar-refractivity contribution is 5.82. The molecule has 0 unspecified atom stereocenters. The summed E-state index contributed by atoms with van der Waals surface area (Å²) in [5.41, 5.74) is 1.13. The number of esters is 1. The Hall–Kier alpha value is -1.32. The minimum atomic E-state index is -0.254. The van der Waals surface area contributed by atoms with Crippen molar-refractivity contribution in [2.45, 2.75) is 59.4 Å². The molecule has 0 spiro atoms. The van der Waals surface area contributed by atoms with E-state index in [4.69, 9.17) is 4.74 Å². The molecule has 0 atom stereocenters. The Bertz CT molecular complexity index is 287. The van der Waals surface area contributed by atoms with Crippen molar-refractivity contribution in [1.82, 2.24) is 5.32 Å². The van der Waals surface area contributed by atoms with Gasteiger partial charge in [0.15, 0.2) is 0 Å². The minimum absolute atomic E-state index is 0.0165. The van der Waals surface area contributed by atoms with Crippen LogP contribution in [0.1, 0.15) is 53.4 Å². The zero-order chi connectivity index (χ0) is 14.0. The third-order valence-corrected chi connectivity index (χ3v) is 2.64. The number of hydrogen-bond acceptors (Lipinski definition) is 3. The van der Waals surface area contributed by atoms with Crippen LogP contribution in [0.25, 0.3) is 0 Å². The van der Waals surface area contributed by atoms with Crippen molar-refractivity contribution in [3.05, 3.63) is 11.6 Å². The number of ether oxygens (including phenoxy) is 1. The molecule has 104 valence electrons. The minimum Gasteiger partial charge on any atom is -0.463 e. The predicted octanol–water partition coefficient (Wildman–Crippen LogP) is 2.58. The molecule has 1 rings (SSSR count). The molecule has 1 saturated carbocycles. The van der Waals surface area contributed by atoms with E-state index in [1.165, 1.54) is 6.92 Å². The number of allylic oxidation sites excluding steroid dienone is 1. The average Bonchev–Trinajstić information content (AvgIpc) is 2.34. The quantitative estimate of drug-likeness (QED) is 0.623. The Morgan fingerprint density at radius 1 is 1.33 bits per heavy atom. The Morgan fingerprint density at radius 3 is 2.33 bits per heavy atom. The van der Waals surface area contributed by atoms with Gasteiger partial charge < -0.3 is 10.1 Å². The molecule has 0 heterocycles. The number of amides is 1. The topological polar surface area (TPSA) is 55.4 Å². The maximum Gasteiger partial charge on any atom is 0.330 e. The highest BCUT2D eigenvalue weighted by Crippen LogP contribution is 2.23. The van der Waals surface area contributed by atoms with Gasteiger partial charge in [0.1, 0.15) is 0 Å². The molecule has 4 heteroatoms. The van der Waals surface area contributed by atoms with E-state index >= 15 is 0 Å². The lowest BCUT2D eigenvalue weighted by Crippen LogP contribution is -2.34. The lowest BCUT2D eigenvalue weighted by atomic mass is 9.90. The van der Waals surface area contributed by atoms with E-state index in [1.54, 1.807) is 13.0 Å². The Morgan fingerprint density at radius 2 is 1.89 bits per heavy atom. The smallest absolute Gasteiger partial charge is 0.330 e. The molecule has 1 N–H and O–H groups in total. The van der Waals surface area contributed by atoms with Gasteiger partial charge in [-0.3, -0.25) is 4.79 Å². The fourth-order valence-electron chi connectivity index (χ4n) is 1.92. The molecule has 0 aromatic carbocycles. The van der Waals surface area contributed by atoms with Crippen LogP contribution >= 0.6 is 0 Å². The number of carbonyl (C=O) groups is 2. The third kappa shape index (κ3) is 7.09. The highest BCUT2D eigenvalue weighted by Gasteiger charge is 2.17. The number of carbonyl (C=O) groups excluding carboxylic acids is 2. The van der Waals surface area contributed by atoms with Gasteiger partial charge >= 0.3 is 5.97 Å². The Labute approximate surface area is 110 Å². The summed E-state index contributed by atoms with van der Waals surface area (Å²) >= 11 is 0. The maximum absolute atomic E-state index is 11.2. The van der Waals surface area contributed by atoms with Crippen LogP contribution in [0.5, 0.6) is 0 Å². The first-order valence-electron chi connectivity index (χ1n) is 6.75. The monoisotopic (exact) mass is 255 g/mol. The molecule has 1 aliphatic rings. The second-order valence-corrected chi connectivity index (χ2v) is 4.03. The SMILES string of the molecule is CC.CCOC(=O)C=C1CCC(NC(C)=O)CC1. The fraction of sp³-hybridized carbons (Fsp3) is 0.714. The van der Waals surface area contributed by atoms with Crippen molar-refractivity contribution < 1.29 is 14.3 Å². The van der Waals surface area contributed by atoms with Crippen molar-refractivity contribution in [2.75, 3.05) is 6.61 Å².